The van der Waals surface area contributed by atoms with Gasteiger partial charge in [-0.25, -0.2) is 4.98 Å². The molecular formula is C24H26N4O2. The monoisotopic (exact) mass is 402 g/mol. The lowest BCUT2D eigenvalue weighted by atomic mass is 10.1. The number of benzene rings is 2. The highest BCUT2D eigenvalue weighted by Crippen LogP contribution is 2.23. The zero-order valence-electron chi connectivity index (χ0n) is 17.1. The first kappa shape index (κ1) is 19.8. The summed E-state index contributed by atoms with van der Waals surface area (Å²) in [5.41, 5.74) is 3.29. The minimum absolute atomic E-state index is 0.119. The van der Waals surface area contributed by atoms with Gasteiger partial charge in [-0.2, -0.15) is 0 Å². The molecule has 1 aliphatic rings. The van der Waals surface area contributed by atoms with Crippen molar-refractivity contribution in [1.29, 1.82) is 0 Å². The van der Waals surface area contributed by atoms with E-state index in [2.05, 4.69) is 26.6 Å². The molecule has 6 heteroatoms. The first-order valence-electron chi connectivity index (χ1n) is 10.2. The van der Waals surface area contributed by atoms with E-state index >= 15 is 0 Å². The van der Waals surface area contributed by atoms with Crippen LogP contribution in [0.3, 0.4) is 0 Å². The van der Waals surface area contributed by atoms with E-state index < -0.39 is 0 Å². The minimum atomic E-state index is -0.119. The molecule has 2 heterocycles. The second-order valence-electron chi connectivity index (χ2n) is 7.30. The molecule has 154 valence electrons. The quantitative estimate of drug-likeness (QED) is 0.615. The number of amides is 1. The SMILES string of the molecule is COc1ccc(Nc2ccccc2C(=O)NCc2ccnc(N3CCCC3)c2)cc1. The van der Waals surface area contributed by atoms with Gasteiger partial charge in [0, 0.05) is 31.5 Å². The van der Waals surface area contributed by atoms with Gasteiger partial charge in [-0.15, -0.1) is 0 Å². The van der Waals surface area contributed by atoms with E-state index in [1.165, 1.54) is 12.8 Å². The van der Waals surface area contributed by atoms with Crippen molar-refractivity contribution in [3.8, 4) is 5.75 Å². The summed E-state index contributed by atoms with van der Waals surface area (Å²) in [7, 11) is 1.64. The third-order valence-electron chi connectivity index (χ3n) is 5.23. The van der Waals surface area contributed by atoms with Crippen LogP contribution >= 0.6 is 0 Å². The van der Waals surface area contributed by atoms with Crippen LogP contribution in [0.2, 0.25) is 0 Å². The van der Waals surface area contributed by atoms with Crippen LogP contribution in [-0.4, -0.2) is 31.1 Å². The Bertz CT molecular complexity index is 998. The van der Waals surface area contributed by atoms with Crippen LogP contribution in [0, 0.1) is 0 Å². The van der Waals surface area contributed by atoms with E-state index in [9.17, 15) is 4.79 Å². The van der Waals surface area contributed by atoms with E-state index in [0.717, 1.165) is 41.6 Å². The summed E-state index contributed by atoms with van der Waals surface area (Å²) in [6.45, 7) is 2.56. The van der Waals surface area contributed by atoms with Crippen LogP contribution in [-0.2, 0) is 6.54 Å². The van der Waals surface area contributed by atoms with Crippen molar-refractivity contribution < 1.29 is 9.53 Å². The van der Waals surface area contributed by atoms with Gasteiger partial charge in [0.05, 0.1) is 18.4 Å². The van der Waals surface area contributed by atoms with Gasteiger partial charge in [0.2, 0.25) is 0 Å². The van der Waals surface area contributed by atoms with Crippen LogP contribution in [0.25, 0.3) is 0 Å². The van der Waals surface area contributed by atoms with E-state index in [1.807, 2.05) is 60.8 Å². The number of hydrogen-bond acceptors (Lipinski definition) is 5. The minimum Gasteiger partial charge on any atom is -0.497 e. The van der Waals surface area contributed by atoms with Crippen molar-refractivity contribution in [2.75, 3.05) is 30.4 Å². The summed E-state index contributed by atoms with van der Waals surface area (Å²) in [4.78, 5) is 19.6. The Morgan fingerprint density at radius 2 is 1.83 bits per heavy atom. The highest BCUT2D eigenvalue weighted by Gasteiger charge is 2.15. The standard InChI is InChI=1S/C24H26N4O2/c1-30-20-10-8-19(9-11-20)27-22-7-3-2-6-21(22)24(29)26-17-18-12-13-25-23(16-18)28-14-4-5-15-28/h2-3,6-13,16,27H,4-5,14-15,17H2,1H3,(H,26,29). The maximum absolute atomic E-state index is 12.9. The predicted octanol–water partition coefficient (Wildman–Crippen LogP) is 4.36. The Morgan fingerprint density at radius 3 is 2.60 bits per heavy atom. The highest BCUT2D eigenvalue weighted by atomic mass is 16.5. The summed E-state index contributed by atoms with van der Waals surface area (Å²) in [6, 6.07) is 19.1. The van der Waals surface area contributed by atoms with Crippen LogP contribution in [0.1, 0.15) is 28.8 Å². The number of nitrogens with one attached hydrogen (secondary N) is 2. The molecule has 0 saturated carbocycles. The average molecular weight is 402 g/mol. The Kier molecular flexibility index (Phi) is 6.13. The smallest absolute Gasteiger partial charge is 0.253 e. The molecule has 0 radical (unpaired) electrons. The van der Waals surface area contributed by atoms with Crippen molar-refractivity contribution in [3.05, 3.63) is 78.0 Å². The summed E-state index contributed by atoms with van der Waals surface area (Å²) in [6.07, 6.45) is 4.23. The zero-order valence-corrected chi connectivity index (χ0v) is 17.1. The van der Waals surface area contributed by atoms with Crippen LogP contribution in [0.4, 0.5) is 17.2 Å². The molecule has 4 rings (SSSR count). The predicted molar refractivity (Wildman–Crippen MR) is 120 cm³/mol. The molecule has 1 aliphatic heterocycles. The number of methoxy groups -OCH3 is 1. The molecule has 0 spiro atoms. The van der Waals surface area contributed by atoms with Gasteiger partial charge in [0.15, 0.2) is 0 Å². The van der Waals surface area contributed by atoms with Gasteiger partial charge in [0.1, 0.15) is 11.6 Å². The number of para-hydroxylation sites is 1. The van der Waals surface area contributed by atoms with Crippen molar-refractivity contribution in [3.63, 3.8) is 0 Å². The fourth-order valence-corrected chi connectivity index (χ4v) is 3.59. The molecular weight excluding hydrogens is 376 g/mol. The Labute approximate surface area is 176 Å². The first-order valence-corrected chi connectivity index (χ1v) is 10.2. The second-order valence-corrected chi connectivity index (χ2v) is 7.30. The largest absolute Gasteiger partial charge is 0.497 e. The van der Waals surface area contributed by atoms with Gasteiger partial charge in [0.25, 0.3) is 5.91 Å². The molecule has 0 unspecified atom stereocenters. The van der Waals surface area contributed by atoms with Crippen molar-refractivity contribution in [1.82, 2.24) is 10.3 Å². The van der Waals surface area contributed by atoms with Crippen molar-refractivity contribution in [2.24, 2.45) is 0 Å². The maximum atomic E-state index is 12.9. The topological polar surface area (TPSA) is 66.5 Å². The molecule has 0 bridgehead atoms. The third kappa shape index (κ3) is 4.71. The third-order valence-corrected chi connectivity index (χ3v) is 5.23. The molecule has 0 atom stereocenters. The number of nitrogens with zero attached hydrogens (tertiary/aromatic N) is 2. The molecule has 1 saturated heterocycles. The van der Waals surface area contributed by atoms with Gasteiger partial charge in [-0.1, -0.05) is 12.1 Å². The summed E-state index contributed by atoms with van der Waals surface area (Å²) < 4.78 is 5.20. The Morgan fingerprint density at radius 1 is 1.07 bits per heavy atom. The molecule has 6 nitrogen and oxygen atoms in total. The molecule has 30 heavy (non-hydrogen) atoms. The zero-order chi connectivity index (χ0) is 20.8. The fraction of sp³-hybridized carbons (Fsp3) is 0.250. The van der Waals surface area contributed by atoms with E-state index in [4.69, 9.17) is 4.74 Å². The van der Waals surface area contributed by atoms with E-state index in [0.29, 0.717) is 12.1 Å². The first-order chi connectivity index (χ1) is 14.7. The molecule has 2 N–H and O–H groups in total. The average Bonchev–Trinajstić information content (AvgIpc) is 3.34. The van der Waals surface area contributed by atoms with E-state index in [1.54, 1.807) is 7.11 Å². The molecule has 0 aliphatic carbocycles. The molecule has 1 aromatic heterocycles. The highest BCUT2D eigenvalue weighted by molar-refractivity contribution is 6.00. The van der Waals surface area contributed by atoms with Crippen molar-refractivity contribution >= 4 is 23.1 Å². The number of rotatable bonds is 7. The maximum Gasteiger partial charge on any atom is 0.253 e. The number of hydrogen-bond donors (Lipinski definition) is 2. The number of pyridine rings is 1. The van der Waals surface area contributed by atoms with Crippen molar-refractivity contribution in [2.45, 2.75) is 19.4 Å². The Hall–Kier alpha value is -3.54. The summed E-state index contributed by atoms with van der Waals surface area (Å²) in [5, 5.41) is 6.35. The van der Waals surface area contributed by atoms with Gasteiger partial charge in [-0.05, 0) is 66.9 Å². The van der Waals surface area contributed by atoms with Crippen LogP contribution < -0.4 is 20.3 Å². The summed E-state index contributed by atoms with van der Waals surface area (Å²) >= 11 is 0. The number of carbonyl (C=O) groups excluding carboxylic acids is 1. The molecule has 2 aromatic carbocycles. The van der Waals surface area contributed by atoms with Crippen LogP contribution in [0.5, 0.6) is 5.75 Å². The number of ether oxygens (including phenoxy) is 1. The lowest BCUT2D eigenvalue weighted by Crippen LogP contribution is -2.24. The lowest BCUT2D eigenvalue weighted by Gasteiger charge is -2.17. The molecule has 1 fully saturated rings. The van der Waals surface area contributed by atoms with Gasteiger partial charge in [-0.3, -0.25) is 4.79 Å². The summed E-state index contributed by atoms with van der Waals surface area (Å²) in [5.74, 6) is 1.66. The van der Waals surface area contributed by atoms with Gasteiger partial charge >= 0.3 is 0 Å². The number of carbonyl (C=O) groups is 1. The van der Waals surface area contributed by atoms with Crippen LogP contribution in [0.15, 0.2) is 66.9 Å². The van der Waals surface area contributed by atoms with E-state index in [-0.39, 0.29) is 5.91 Å². The molecule has 3 aromatic rings. The Balaban J connectivity index is 1.43. The normalized spacial score (nSPS) is 13.2. The second kappa shape index (κ2) is 9.31. The lowest BCUT2D eigenvalue weighted by molar-refractivity contribution is 0.0951. The van der Waals surface area contributed by atoms with Gasteiger partial charge < -0.3 is 20.3 Å². The number of anilines is 3. The molecule has 1 amide bonds. The fourth-order valence-electron chi connectivity index (χ4n) is 3.59. The number of aromatic nitrogens is 1.